The molecule has 0 spiro atoms. The van der Waals surface area contributed by atoms with Gasteiger partial charge in [-0.2, -0.15) is 4.90 Å². The monoisotopic (exact) mass is 540 g/mol. The van der Waals surface area contributed by atoms with E-state index in [1.165, 1.54) is 12.1 Å². The highest BCUT2D eigenvalue weighted by Crippen LogP contribution is 2.46. The number of fused-ring (bicyclic) bond motifs is 1. The van der Waals surface area contributed by atoms with Gasteiger partial charge in [0.25, 0.3) is 0 Å². The number of aliphatic hydroxyl groups excluding tert-OH is 2. The molecule has 4 atom stereocenters. The molecular weight excluding hydrogens is 512 g/mol. The van der Waals surface area contributed by atoms with Gasteiger partial charge in [0, 0.05) is 12.1 Å². The first-order valence-electron chi connectivity index (χ1n) is 12.2. The maximum absolute atomic E-state index is 13.0. The van der Waals surface area contributed by atoms with Crippen LogP contribution < -0.4 is 0 Å². The Hall–Kier alpha value is -3.53. The first-order chi connectivity index (χ1) is 18.2. The zero-order chi connectivity index (χ0) is 27.6. The molecule has 3 N–H and O–H groups in total. The van der Waals surface area contributed by atoms with Crippen LogP contribution in [0.4, 0.5) is 4.79 Å². The molecule has 0 saturated carbocycles. The quantitative estimate of drug-likeness (QED) is 0.356. The third-order valence-corrected chi connectivity index (χ3v) is 7.56. The van der Waals surface area contributed by atoms with E-state index in [0.29, 0.717) is 38.7 Å². The minimum atomic E-state index is -1.05. The fourth-order valence-electron chi connectivity index (χ4n) is 5.48. The van der Waals surface area contributed by atoms with Crippen LogP contribution in [0.15, 0.2) is 53.7 Å². The van der Waals surface area contributed by atoms with Gasteiger partial charge in [-0.15, -0.1) is 0 Å². The Kier molecular flexibility index (Phi) is 8.30. The number of phenolic OH excluding ortho intramolecular Hbond substituents is 1. The summed E-state index contributed by atoms with van der Waals surface area (Å²) < 4.78 is 4.61. The minimum Gasteiger partial charge on any atom is -0.508 e. The Balaban J connectivity index is 1.61. The molecule has 9 nitrogen and oxygen atoms in total. The van der Waals surface area contributed by atoms with Crippen molar-refractivity contribution >= 4 is 41.2 Å². The van der Waals surface area contributed by atoms with Crippen LogP contribution in [0, 0.1) is 17.8 Å². The van der Waals surface area contributed by atoms with E-state index in [1.54, 1.807) is 25.3 Å². The summed E-state index contributed by atoms with van der Waals surface area (Å²) in [5.41, 5.74) is 3.35. The number of rotatable bonds is 7. The van der Waals surface area contributed by atoms with Gasteiger partial charge >= 0.3 is 6.09 Å². The van der Waals surface area contributed by atoms with E-state index in [9.17, 15) is 29.7 Å². The molecule has 2 heterocycles. The molecular formula is C28H29ClN2O7. The number of hydrogen-bond acceptors (Lipinski definition) is 8. The normalized spacial score (nSPS) is 22.5. The lowest BCUT2D eigenvalue weighted by atomic mass is 9.68. The molecule has 4 rings (SSSR count). The Morgan fingerprint density at radius 1 is 1.26 bits per heavy atom. The maximum Gasteiger partial charge on any atom is 0.423 e. The lowest BCUT2D eigenvalue weighted by Crippen LogP contribution is -2.39. The summed E-state index contributed by atoms with van der Waals surface area (Å²) in [6.45, 7) is 1.30. The molecule has 0 unspecified atom stereocenters. The number of nitrogens with zero attached hydrogens (tertiary/aromatic N) is 2. The fraction of sp³-hybridized carbons (Fsp3) is 0.357. The topological polar surface area (TPSA) is 137 Å². The van der Waals surface area contributed by atoms with Crippen LogP contribution in [0.5, 0.6) is 5.75 Å². The summed E-state index contributed by atoms with van der Waals surface area (Å²) >= 11 is 6.32. The average molecular weight is 541 g/mol. The first kappa shape index (κ1) is 27.5. The van der Waals surface area contributed by atoms with Crippen LogP contribution in [-0.4, -0.2) is 62.9 Å². The number of halogens is 1. The van der Waals surface area contributed by atoms with E-state index < -0.39 is 48.4 Å². The molecule has 200 valence electrons. The third-order valence-electron chi connectivity index (χ3n) is 7.24. The van der Waals surface area contributed by atoms with Crippen molar-refractivity contribution in [3.8, 4) is 5.75 Å². The van der Waals surface area contributed by atoms with Crippen LogP contribution in [-0.2, 0) is 14.3 Å². The van der Waals surface area contributed by atoms with Gasteiger partial charge in [-0.05, 0) is 79.3 Å². The molecule has 38 heavy (non-hydrogen) atoms. The van der Waals surface area contributed by atoms with Gasteiger partial charge in [-0.25, -0.2) is 4.79 Å². The number of pyridine rings is 1. The van der Waals surface area contributed by atoms with Crippen LogP contribution in [0.3, 0.4) is 0 Å². The van der Waals surface area contributed by atoms with E-state index in [-0.39, 0.29) is 18.6 Å². The number of hydrogen-bond donors (Lipinski definition) is 3. The second-order valence-electron chi connectivity index (χ2n) is 9.49. The van der Waals surface area contributed by atoms with Crippen molar-refractivity contribution in [2.24, 2.45) is 17.8 Å². The van der Waals surface area contributed by atoms with Gasteiger partial charge in [-0.3, -0.25) is 14.6 Å². The van der Waals surface area contributed by atoms with E-state index in [0.717, 1.165) is 12.7 Å². The van der Waals surface area contributed by atoms with Crippen molar-refractivity contribution in [1.82, 2.24) is 9.88 Å². The number of carbonyl (C=O) groups is 3. The van der Waals surface area contributed by atoms with E-state index in [2.05, 4.69) is 9.72 Å². The maximum atomic E-state index is 13.0. The fourth-order valence-corrected chi connectivity index (χ4v) is 5.71. The predicted molar refractivity (Wildman–Crippen MR) is 140 cm³/mol. The third kappa shape index (κ3) is 5.22. The van der Waals surface area contributed by atoms with E-state index in [1.807, 2.05) is 18.2 Å². The molecule has 1 saturated heterocycles. The molecule has 1 fully saturated rings. The van der Waals surface area contributed by atoms with Crippen LogP contribution in [0.1, 0.15) is 37.4 Å². The Morgan fingerprint density at radius 2 is 2.03 bits per heavy atom. The standard InChI is InChI=1S/C28H29ClN2O7/c1-15-11-19-25(27(36)31(26(19)35)28(37)38-2)20(14-32)24(15)23(34)9-7-17(22-5-3-4-10-30-22)12-16-6-8-18(33)13-21(16)29/h3-6,8,10,12-13,19-20,23,25,32-34H,7,9,11,14H2,1-2H3/b17-12-/t19-,20+,23-,25-/m1/s1. The summed E-state index contributed by atoms with van der Waals surface area (Å²) in [4.78, 5) is 42.9. The molecule has 1 aliphatic carbocycles. The molecule has 2 aliphatic rings. The van der Waals surface area contributed by atoms with Crippen LogP contribution >= 0.6 is 11.6 Å². The number of aromatic hydroxyl groups is 1. The van der Waals surface area contributed by atoms with Crippen molar-refractivity contribution in [1.29, 1.82) is 0 Å². The van der Waals surface area contributed by atoms with Crippen LogP contribution in [0.25, 0.3) is 11.6 Å². The van der Waals surface area contributed by atoms with Gasteiger partial charge in [0.1, 0.15) is 5.75 Å². The number of phenols is 1. The number of allylic oxidation sites excluding steroid dienone is 2. The van der Waals surface area contributed by atoms with Gasteiger partial charge in [0.15, 0.2) is 0 Å². The zero-order valence-corrected chi connectivity index (χ0v) is 21.8. The van der Waals surface area contributed by atoms with Crippen molar-refractivity contribution in [3.63, 3.8) is 0 Å². The Morgan fingerprint density at radius 3 is 2.66 bits per heavy atom. The Bertz CT molecular complexity index is 1310. The van der Waals surface area contributed by atoms with E-state index >= 15 is 0 Å². The highest BCUT2D eigenvalue weighted by molar-refractivity contribution is 6.32. The Labute approximate surface area is 225 Å². The van der Waals surface area contributed by atoms with Gasteiger partial charge in [0.2, 0.25) is 11.8 Å². The number of methoxy groups -OCH3 is 1. The zero-order valence-electron chi connectivity index (χ0n) is 21.0. The minimum absolute atomic E-state index is 0.0423. The molecule has 1 aliphatic heterocycles. The lowest BCUT2D eigenvalue weighted by molar-refractivity contribution is -0.137. The predicted octanol–water partition coefficient (Wildman–Crippen LogP) is 3.82. The molecule has 0 radical (unpaired) electrons. The lowest BCUT2D eigenvalue weighted by Gasteiger charge is -2.35. The second-order valence-corrected chi connectivity index (χ2v) is 9.90. The number of aromatic nitrogens is 1. The van der Waals surface area contributed by atoms with Crippen molar-refractivity contribution in [2.75, 3.05) is 13.7 Å². The van der Waals surface area contributed by atoms with Gasteiger partial charge in [0.05, 0.1) is 42.4 Å². The molecule has 1 aromatic carbocycles. The molecule has 10 heteroatoms. The largest absolute Gasteiger partial charge is 0.508 e. The van der Waals surface area contributed by atoms with Crippen molar-refractivity contribution < 1.29 is 34.4 Å². The molecule has 0 bridgehead atoms. The second kappa shape index (κ2) is 11.5. The average Bonchev–Trinajstić information content (AvgIpc) is 3.15. The highest BCUT2D eigenvalue weighted by Gasteiger charge is 2.56. The molecule has 3 amide bonds. The van der Waals surface area contributed by atoms with Gasteiger partial charge < -0.3 is 20.1 Å². The summed E-state index contributed by atoms with van der Waals surface area (Å²) in [5, 5.41) is 31.6. The summed E-state index contributed by atoms with van der Waals surface area (Å²) in [6, 6.07) is 10.1. The summed E-state index contributed by atoms with van der Waals surface area (Å²) in [6.07, 6.45) is 2.23. The number of imide groups is 3. The number of benzene rings is 1. The highest BCUT2D eigenvalue weighted by atomic mass is 35.5. The van der Waals surface area contributed by atoms with Gasteiger partial charge in [-0.1, -0.05) is 23.2 Å². The number of aliphatic hydroxyl groups is 2. The molecule has 2 aromatic rings. The molecule has 1 aromatic heterocycles. The first-order valence-corrected chi connectivity index (χ1v) is 12.6. The van der Waals surface area contributed by atoms with Crippen LogP contribution in [0.2, 0.25) is 5.02 Å². The van der Waals surface area contributed by atoms with E-state index in [4.69, 9.17) is 11.6 Å². The van der Waals surface area contributed by atoms with Crippen molar-refractivity contribution in [2.45, 2.75) is 32.3 Å². The summed E-state index contributed by atoms with van der Waals surface area (Å²) in [5.74, 6) is -3.90. The number of likely N-dealkylation sites (tertiary alicyclic amines) is 1. The van der Waals surface area contributed by atoms with Crippen molar-refractivity contribution in [3.05, 3.63) is 70.0 Å². The SMILES string of the molecule is COC(=O)N1C(=O)[C@@H]2[C@@H](CC(C)=C([C@H](O)CC/C(=C/c3ccc(O)cc3Cl)c3ccccn3)[C@@H]2CO)C1=O. The number of amides is 3. The number of ether oxygens (including phenoxy) is 1. The number of carbonyl (C=O) groups excluding carboxylic acids is 3. The summed E-state index contributed by atoms with van der Waals surface area (Å²) in [7, 11) is 1.09. The smallest absolute Gasteiger partial charge is 0.423 e.